The topological polar surface area (TPSA) is 55.6 Å². The summed E-state index contributed by atoms with van der Waals surface area (Å²) in [6.07, 6.45) is 7.92. The third kappa shape index (κ3) is 3.28. The van der Waals surface area contributed by atoms with Crippen LogP contribution in [0.15, 0.2) is 6.33 Å². The van der Waals surface area contributed by atoms with E-state index in [0.29, 0.717) is 17.6 Å². The molecule has 6 heteroatoms. The third-order valence-corrected chi connectivity index (χ3v) is 4.26. The Morgan fingerprint density at radius 1 is 1.33 bits per heavy atom. The summed E-state index contributed by atoms with van der Waals surface area (Å²) in [4.78, 5) is 13.0. The average Bonchev–Trinajstić information content (AvgIpc) is 3.05. The van der Waals surface area contributed by atoms with Crippen molar-refractivity contribution in [3.63, 3.8) is 0 Å². The first-order valence-electron chi connectivity index (χ1n) is 7.78. The molecular weight excluding hydrogens is 286 g/mol. The highest BCUT2D eigenvalue weighted by Gasteiger charge is 2.19. The van der Waals surface area contributed by atoms with Crippen LogP contribution in [0.3, 0.4) is 0 Å². The van der Waals surface area contributed by atoms with Crippen molar-refractivity contribution in [2.24, 2.45) is 5.92 Å². The maximum absolute atomic E-state index is 6.03. The fraction of sp³-hybridized carbons (Fsp3) is 0.667. The van der Waals surface area contributed by atoms with Crippen LogP contribution in [0.1, 0.15) is 46.0 Å². The predicted molar refractivity (Wildman–Crippen MR) is 85.7 cm³/mol. The van der Waals surface area contributed by atoms with Gasteiger partial charge in [0.15, 0.2) is 11.5 Å². The third-order valence-electron chi connectivity index (χ3n) is 4.09. The highest BCUT2D eigenvalue weighted by molar-refractivity contribution is 6.28. The zero-order chi connectivity index (χ0) is 14.8. The molecule has 0 aromatic carbocycles. The Morgan fingerprint density at radius 2 is 2.10 bits per heavy atom. The summed E-state index contributed by atoms with van der Waals surface area (Å²) < 4.78 is 2.14. The summed E-state index contributed by atoms with van der Waals surface area (Å²) in [6.45, 7) is 5.38. The Morgan fingerprint density at radius 3 is 2.81 bits per heavy atom. The monoisotopic (exact) mass is 307 g/mol. The molecule has 1 aliphatic carbocycles. The summed E-state index contributed by atoms with van der Waals surface area (Å²) in [5.74, 6) is 1.49. The van der Waals surface area contributed by atoms with Crippen LogP contribution in [-0.4, -0.2) is 25.6 Å². The second kappa shape index (κ2) is 6.18. The van der Waals surface area contributed by atoms with E-state index in [2.05, 4.69) is 38.7 Å². The van der Waals surface area contributed by atoms with Gasteiger partial charge >= 0.3 is 0 Å². The van der Waals surface area contributed by atoms with Gasteiger partial charge in [-0.25, -0.2) is 4.98 Å². The van der Waals surface area contributed by atoms with E-state index in [-0.39, 0.29) is 5.28 Å². The smallest absolute Gasteiger partial charge is 0.226 e. The van der Waals surface area contributed by atoms with Gasteiger partial charge < -0.3 is 9.88 Å². The molecule has 114 valence electrons. The fourth-order valence-electron chi connectivity index (χ4n) is 2.88. The number of nitrogens with zero attached hydrogens (tertiary/aromatic N) is 4. The lowest BCUT2D eigenvalue weighted by atomic mass is 10.1. The standard InChI is InChI=1S/C15H22ClN5/c1-10(2)7-8-21-9-17-13-12(21)14(20-15(16)19-13)18-11-5-3-4-6-11/h9-11H,3-8H2,1-2H3,(H,18,19,20). The maximum atomic E-state index is 6.03. The van der Waals surface area contributed by atoms with Gasteiger partial charge in [0.1, 0.15) is 5.52 Å². The van der Waals surface area contributed by atoms with Crippen molar-refractivity contribution in [1.29, 1.82) is 0 Å². The maximum Gasteiger partial charge on any atom is 0.226 e. The summed E-state index contributed by atoms with van der Waals surface area (Å²) in [5.41, 5.74) is 1.66. The van der Waals surface area contributed by atoms with Crippen molar-refractivity contribution in [3.05, 3.63) is 11.6 Å². The molecule has 0 amide bonds. The molecule has 0 saturated heterocycles. The van der Waals surface area contributed by atoms with Gasteiger partial charge in [-0.3, -0.25) is 0 Å². The molecule has 1 N–H and O–H groups in total. The number of anilines is 1. The molecule has 0 atom stereocenters. The van der Waals surface area contributed by atoms with Gasteiger partial charge in [0.05, 0.1) is 6.33 Å². The number of nitrogens with one attached hydrogen (secondary N) is 1. The first-order chi connectivity index (χ1) is 10.1. The molecule has 5 nitrogen and oxygen atoms in total. The Hall–Kier alpha value is -1.36. The summed E-state index contributed by atoms with van der Waals surface area (Å²) in [6, 6.07) is 0.493. The second-order valence-corrected chi connectivity index (χ2v) is 6.60. The molecule has 0 aliphatic heterocycles. The van der Waals surface area contributed by atoms with E-state index in [1.165, 1.54) is 25.7 Å². The number of imidazole rings is 1. The lowest BCUT2D eigenvalue weighted by Gasteiger charge is -2.15. The molecule has 1 aliphatic rings. The summed E-state index contributed by atoms with van der Waals surface area (Å²) in [7, 11) is 0. The minimum absolute atomic E-state index is 0.261. The van der Waals surface area contributed by atoms with Crippen LogP contribution in [0.2, 0.25) is 5.28 Å². The van der Waals surface area contributed by atoms with Gasteiger partial charge in [-0.1, -0.05) is 26.7 Å². The quantitative estimate of drug-likeness (QED) is 0.852. The molecule has 0 unspecified atom stereocenters. The number of rotatable bonds is 5. The van der Waals surface area contributed by atoms with Crippen LogP contribution < -0.4 is 5.32 Å². The predicted octanol–water partition coefficient (Wildman–Crippen LogP) is 3.88. The number of hydrogen-bond acceptors (Lipinski definition) is 4. The zero-order valence-corrected chi connectivity index (χ0v) is 13.4. The number of halogens is 1. The summed E-state index contributed by atoms with van der Waals surface area (Å²) >= 11 is 6.03. The molecule has 21 heavy (non-hydrogen) atoms. The minimum Gasteiger partial charge on any atom is -0.365 e. The van der Waals surface area contributed by atoms with Crippen LogP contribution in [0.4, 0.5) is 5.82 Å². The second-order valence-electron chi connectivity index (χ2n) is 6.26. The van der Waals surface area contributed by atoms with Crippen molar-refractivity contribution < 1.29 is 0 Å². The van der Waals surface area contributed by atoms with Gasteiger partial charge in [0, 0.05) is 12.6 Å². The van der Waals surface area contributed by atoms with Crippen molar-refractivity contribution in [3.8, 4) is 0 Å². The highest BCUT2D eigenvalue weighted by atomic mass is 35.5. The van der Waals surface area contributed by atoms with Crippen LogP contribution >= 0.6 is 11.6 Å². The summed E-state index contributed by atoms with van der Waals surface area (Å²) in [5, 5.41) is 3.80. The molecule has 2 aromatic heterocycles. The van der Waals surface area contributed by atoms with E-state index < -0.39 is 0 Å². The Labute approximate surface area is 130 Å². The number of hydrogen-bond donors (Lipinski definition) is 1. The normalized spacial score (nSPS) is 16.2. The lowest BCUT2D eigenvalue weighted by Crippen LogP contribution is -2.17. The SMILES string of the molecule is CC(C)CCn1cnc2nc(Cl)nc(NC3CCCC3)c21. The number of aryl methyl sites for hydroxylation is 1. The molecular formula is C15H22ClN5. The molecule has 2 heterocycles. The van der Waals surface area contributed by atoms with Gasteiger partial charge in [-0.15, -0.1) is 0 Å². The van der Waals surface area contributed by atoms with E-state index >= 15 is 0 Å². The lowest BCUT2D eigenvalue weighted by molar-refractivity contribution is 0.522. The Kier molecular flexibility index (Phi) is 4.29. The van der Waals surface area contributed by atoms with Crippen LogP contribution in [0.25, 0.3) is 11.2 Å². The molecule has 0 bridgehead atoms. The van der Waals surface area contributed by atoms with Crippen molar-refractivity contribution in [2.45, 2.75) is 58.5 Å². The molecule has 1 fully saturated rings. The van der Waals surface area contributed by atoms with E-state index in [9.17, 15) is 0 Å². The van der Waals surface area contributed by atoms with E-state index in [1.54, 1.807) is 0 Å². The van der Waals surface area contributed by atoms with E-state index in [0.717, 1.165) is 24.3 Å². The van der Waals surface area contributed by atoms with Crippen LogP contribution in [-0.2, 0) is 6.54 Å². The van der Waals surface area contributed by atoms with Gasteiger partial charge in [0.25, 0.3) is 0 Å². The minimum atomic E-state index is 0.261. The van der Waals surface area contributed by atoms with Crippen LogP contribution in [0, 0.1) is 5.92 Å². The average molecular weight is 308 g/mol. The first kappa shape index (κ1) is 14.6. The number of fused-ring (bicyclic) bond motifs is 1. The van der Waals surface area contributed by atoms with Crippen molar-refractivity contribution in [1.82, 2.24) is 19.5 Å². The molecule has 0 radical (unpaired) electrons. The molecule has 0 spiro atoms. The molecule has 1 saturated carbocycles. The zero-order valence-electron chi connectivity index (χ0n) is 12.6. The largest absolute Gasteiger partial charge is 0.365 e. The first-order valence-corrected chi connectivity index (χ1v) is 8.16. The van der Waals surface area contributed by atoms with Gasteiger partial charge in [-0.05, 0) is 36.8 Å². The van der Waals surface area contributed by atoms with Crippen molar-refractivity contribution >= 4 is 28.6 Å². The van der Waals surface area contributed by atoms with Crippen molar-refractivity contribution in [2.75, 3.05) is 5.32 Å². The van der Waals surface area contributed by atoms with Gasteiger partial charge in [-0.2, -0.15) is 9.97 Å². The fourth-order valence-corrected chi connectivity index (χ4v) is 3.05. The van der Waals surface area contributed by atoms with E-state index in [4.69, 9.17) is 11.6 Å². The van der Waals surface area contributed by atoms with Crippen LogP contribution in [0.5, 0.6) is 0 Å². The Balaban J connectivity index is 1.93. The Bertz CT molecular complexity index is 616. The van der Waals surface area contributed by atoms with Gasteiger partial charge in [0.2, 0.25) is 5.28 Å². The highest BCUT2D eigenvalue weighted by Crippen LogP contribution is 2.27. The molecule has 3 rings (SSSR count). The van der Waals surface area contributed by atoms with E-state index in [1.807, 2.05) is 6.33 Å². The number of aromatic nitrogens is 4. The molecule has 2 aromatic rings.